The van der Waals surface area contributed by atoms with Crippen LogP contribution < -0.4 is 5.32 Å². The summed E-state index contributed by atoms with van der Waals surface area (Å²) in [5, 5.41) is 17.2. The highest BCUT2D eigenvalue weighted by molar-refractivity contribution is 7.17. The van der Waals surface area contributed by atoms with Crippen LogP contribution in [-0.2, 0) is 22.4 Å². The van der Waals surface area contributed by atoms with Crippen LogP contribution in [0.3, 0.4) is 0 Å². The SMILES string of the molecule is O=C(O)c1ccc(-c2ccn(CCCNC(Cc3ccccc3)C3=COCO3)n2)s1. The van der Waals surface area contributed by atoms with Gasteiger partial charge in [-0.15, -0.1) is 11.3 Å². The predicted molar refractivity (Wildman–Crippen MR) is 114 cm³/mol. The molecule has 0 saturated carbocycles. The lowest BCUT2D eigenvalue weighted by molar-refractivity contribution is 0.0701. The Morgan fingerprint density at radius 1 is 1.23 bits per heavy atom. The second-order valence-electron chi connectivity index (χ2n) is 6.93. The third kappa shape index (κ3) is 5.08. The van der Waals surface area contributed by atoms with E-state index in [9.17, 15) is 4.79 Å². The van der Waals surface area contributed by atoms with Crippen LogP contribution in [0.1, 0.15) is 21.7 Å². The molecule has 0 aliphatic carbocycles. The minimum absolute atomic E-state index is 0.0589. The zero-order valence-electron chi connectivity index (χ0n) is 16.4. The molecule has 0 amide bonds. The number of carbonyl (C=O) groups is 1. The van der Waals surface area contributed by atoms with Crippen LogP contribution in [0.5, 0.6) is 0 Å². The summed E-state index contributed by atoms with van der Waals surface area (Å²) in [6, 6.07) is 15.7. The molecule has 1 aliphatic heterocycles. The number of aryl methyl sites for hydroxylation is 1. The topological polar surface area (TPSA) is 85.6 Å². The highest BCUT2D eigenvalue weighted by atomic mass is 32.1. The molecule has 0 radical (unpaired) electrons. The fourth-order valence-corrected chi connectivity index (χ4v) is 4.09. The van der Waals surface area contributed by atoms with Crippen molar-refractivity contribution in [3.8, 4) is 10.6 Å². The molecule has 0 spiro atoms. The van der Waals surface area contributed by atoms with E-state index in [2.05, 4.69) is 22.5 Å². The van der Waals surface area contributed by atoms with Crippen LogP contribution in [0.25, 0.3) is 10.6 Å². The van der Waals surface area contributed by atoms with E-state index in [4.69, 9.17) is 14.6 Å². The molecule has 1 aromatic carbocycles. The summed E-state index contributed by atoms with van der Waals surface area (Å²) in [6.45, 7) is 1.83. The molecule has 4 rings (SSSR count). The average molecular weight is 426 g/mol. The highest BCUT2D eigenvalue weighted by Gasteiger charge is 2.20. The average Bonchev–Trinajstić information content (AvgIpc) is 3.52. The zero-order valence-corrected chi connectivity index (χ0v) is 17.2. The van der Waals surface area contributed by atoms with Crippen molar-refractivity contribution in [1.29, 1.82) is 0 Å². The normalized spacial score (nSPS) is 14.1. The molecule has 7 nitrogen and oxygen atoms in total. The monoisotopic (exact) mass is 425 g/mol. The molecular formula is C22H23N3O4S. The lowest BCUT2D eigenvalue weighted by Gasteiger charge is -2.18. The Morgan fingerprint density at radius 3 is 2.83 bits per heavy atom. The Hall–Kier alpha value is -3.10. The second-order valence-corrected chi connectivity index (χ2v) is 8.02. The number of aromatic nitrogens is 2. The van der Waals surface area contributed by atoms with Crippen LogP contribution in [0.15, 0.2) is 66.7 Å². The first kappa shape index (κ1) is 20.2. The van der Waals surface area contributed by atoms with Crippen LogP contribution in [0, 0.1) is 0 Å². The Kier molecular flexibility index (Phi) is 6.46. The van der Waals surface area contributed by atoms with E-state index < -0.39 is 5.97 Å². The molecule has 1 unspecified atom stereocenters. The van der Waals surface area contributed by atoms with Crippen molar-refractivity contribution in [1.82, 2.24) is 15.1 Å². The Labute approximate surface area is 178 Å². The summed E-state index contributed by atoms with van der Waals surface area (Å²) in [7, 11) is 0. The zero-order chi connectivity index (χ0) is 20.8. The van der Waals surface area contributed by atoms with Gasteiger partial charge in [0, 0.05) is 12.7 Å². The summed E-state index contributed by atoms with van der Waals surface area (Å²) in [5.41, 5.74) is 2.03. The predicted octanol–water partition coefficient (Wildman–Crippen LogP) is 3.75. The summed E-state index contributed by atoms with van der Waals surface area (Å²) in [4.78, 5) is 12.2. The maximum atomic E-state index is 11.0. The van der Waals surface area contributed by atoms with Crippen molar-refractivity contribution in [2.24, 2.45) is 0 Å². The van der Waals surface area contributed by atoms with Crippen molar-refractivity contribution in [3.05, 3.63) is 77.2 Å². The number of benzene rings is 1. The number of hydrogen-bond acceptors (Lipinski definition) is 6. The van der Waals surface area contributed by atoms with E-state index in [0.29, 0.717) is 4.88 Å². The maximum Gasteiger partial charge on any atom is 0.345 e. The summed E-state index contributed by atoms with van der Waals surface area (Å²) < 4.78 is 12.7. The smallest absolute Gasteiger partial charge is 0.345 e. The number of rotatable bonds is 10. The van der Waals surface area contributed by atoms with Gasteiger partial charge in [0.2, 0.25) is 6.79 Å². The largest absolute Gasteiger partial charge is 0.477 e. The van der Waals surface area contributed by atoms with E-state index in [0.717, 1.165) is 42.3 Å². The van der Waals surface area contributed by atoms with Gasteiger partial charge in [-0.05, 0) is 43.1 Å². The van der Waals surface area contributed by atoms with Crippen LogP contribution in [0.4, 0.5) is 0 Å². The fourth-order valence-electron chi connectivity index (χ4n) is 3.28. The van der Waals surface area contributed by atoms with Gasteiger partial charge in [0.15, 0.2) is 5.76 Å². The number of carboxylic acid groups (broad SMARTS) is 1. The maximum absolute atomic E-state index is 11.0. The highest BCUT2D eigenvalue weighted by Crippen LogP contribution is 2.26. The molecule has 1 atom stereocenters. The van der Waals surface area contributed by atoms with E-state index in [1.165, 1.54) is 16.9 Å². The van der Waals surface area contributed by atoms with Gasteiger partial charge in [0.05, 0.1) is 10.9 Å². The molecule has 2 N–H and O–H groups in total. The lowest BCUT2D eigenvalue weighted by Crippen LogP contribution is -2.34. The lowest BCUT2D eigenvalue weighted by atomic mass is 10.0. The number of nitrogens with one attached hydrogen (secondary N) is 1. The summed E-state index contributed by atoms with van der Waals surface area (Å²) in [5.74, 6) is -0.0827. The number of hydrogen-bond donors (Lipinski definition) is 2. The molecule has 3 aromatic rings. The quantitative estimate of drug-likeness (QED) is 0.481. The Morgan fingerprint density at radius 2 is 2.10 bits per heavy atom. The van der Waals surface area contributed by atoms with Gasteiger partial charge in [-0.1, -0.05) is 30.3 Å². The molecule has 2 aromatic heterocycles. The van der Waals surface area contributed by atoms with E-state index in [-0.39, 0.29) is 12.8 Å². The number of thiophene rings is 1. The fraction of sp³-hybridized carbons (Fsp3) is 0.273. The number of carboxylic acids is 1. The van der Waals surface area contributed by atoms with Crippen molar-refractivity contribution in [3.63, 3.8) is 0 Å². The molecule has 156 valence electrons. The van der Waals surface area contributed by atoms with Crippen LogP contribution >= 0.6 is 11.3 Å². The molecule has 0 bridgehead atoms. The first-order valence-electron chi connectivity index (χ1n) is 9.78. The van der Waals surface area contributed by atoms with Crippen molar-refractivity contribution in [2.75, 3.05) is 13.3 Å². The van der Waals surface area contributed by atoms with E-state index >= 15 is 0 Å². The van der Waals surface area contributed by atoms with Gasteiger partial charge >= 0.3 is 5.97 Å². The Bertz CT molecular complexity index is 1010. The third-order valence-electron chi connectivity index (χ3n) is 4.78. The van der Waals surface area contributed by atoms with Gasteiger partial charge in [-0.25, -0.2) is 4.79 Å². The minimum atomic E-state index is -0.909. The van der Waals surface area contributed by atoms with Gasteiger partial charge in [0.1, 0.15) is 16.8 Å². The molecule has 1 aliphatic rings. The van der Waals surface area contributed by atoms with Gasteiger partial charge < -0.3 is 19.9 Å². The molecule has 3 heterocycles. The Balaban J connectivity index is 1.29. The van der Waals surface area contributed by atoms with E-state index in [1.807, 2.05) is 35.1 Å². The number of aromatic carboxylic acids is 1. The number of ether oxygens (including phenoxy) is 2. The van der Waals surface area contributed by atoms with Crippen molar-refractivity contribution < 1.29 is 19.4 Å². The molecule has 30 heavy (non-hydrogen) atoms. The molecule has 8 heteroatoms. The standard InChI is InChI=1S/C22H23N3O4S/c26-22(27)21-8-7-20(30-21)17-9-12-25(24-17)11-4-10-23-18(19-14-28-15-29-19)13-16-5-2-1-3-6-16/h1-3,5-9,12,14,18,23H,4,10-11,13,15H2,(H,26,27). The summed E-state index contributed by atoms with van der Waals surface area (Å²) in [6.07, 6.45) is 5.33. The summed E-state index contributed by atoms with van der Waals surface area (Å²) >= 11 is 1.23. The van der Waals surface area contributed by atoms with E-state index in [1.54, 1.807) is 18.4 Å². The minimum Gasteiger partial charge on any atom is -0.477 e. The van der Waals surface area contributed by atoms with Crippen molar-refractivity contribution >= 4 is 17.3 Å². The third-order valence-corrected chi connectivity index (χ3v) is 5.88. The first-order valence-corrected chi connectivity index (χ1v) is 10.6. The molecule has 0 fully saturated rings. The number of nitrogens with zero attached hydrogens (tertiary/aromatic N) is 2. The van der Waals surface area contributed by atoms with Gasteiger partial charge in [0.25, 0.3) is 0 Å². The first-order chi connectivity index (χ1) is 14.7. The van der Waals surface area contributed by atoms with Crippen LogP contribution in [0.2, 0.25) is 0 Å². The van der Waals surface area contributed by atoms with Gasteiger partial charge in [-0.2, -0.15) is 5.10 Å². The van der Waals surface area contributed by atoms with Crippen molar-refractivity contribution in [2.45, 2.75) is 25.4 Å². The molecule has 0 saturated heterocycles. The second kappa shape index (κ2) is 9.60. The van der Waals surface area contributed by atoms with Gasteiger partial charge in [-0.3, -0.25) is 4.68 Å². The van der Waals surface area contributed by atoms with Crippen LogP contribution in [-0.4, -0.2) is 40.2 Å². The molecular weight excluding hydrogens is 402 g/mol.